The van der Waals surface area contributed by atoms with E-state index in [4.69, 9.17) is 9.47 Å². The van der Waals surface area contributed by atoms with Gasteiger partial charge in [0.1, 0.15) is 6.61 Å². The summed E-state index contributed by atoms with van der Waals surface area (Å²) in [6.07, 6.45) is 66.7. The Labute approximate surface area is 358 Å². The van der Waals surface area contributed by atoms with Crippen molar-refractivity contribution < 1.29 is 24.2 Å². The second-order valence-electron chi connectivity index (χ2n) is 15.8. The minimum atomic E-state index is -0.779. The van der Waals surface area contributed by atoms with Crippen LogP contribution in [0.4, 0.5) is 0 Å². The lowest BCUT2D eigenvalue weighted by atomic mass is 10.0. The third-order valence-electron chi connectivity index (χ3n) is 10.2. The van der Waals surface area contributed by atoms with Crippen LogP contribution in [0.5, 0.6) is 0 Å². The average molecular weight is 807 g/mol. The molecular weight excluding hydrogens is 717 g/mol. The molecule has 1 unspecified atom stereocenters. The summed E-state index contributed by atoms with van der Waals surface area (Å²) in [6, 6.07) is 0. The van der Waals surface area contributed by atoms with Gasteiger partial charge in [0.2, 0.25) is 0 Å². The maximum absolute atomic E-state index is 12.2. The smallest absolute Gasteiger partial charge is 0.306 e. The molecule has 0 saturated heterocycles. The molecule has 0 aliphatic rings. The fraction of sp³-hybridized carbons (Fsp3) is 0.698. The molecule has 0 fully saturated rings. The van der Waals surface area contributed by atoms with E-state index >= 15 is 0 Å². The van der Waals surface area contributed by atoms with Gasteiger partial charge < -0.3 is 14.6 Å². The minimum absolute atomic E-state index is 0.0732. The molecule has 1 atom stereocenters. The van der Waals surface area contributed by atoms with Crippen LogP contribution in [0.2, 0.25) is 0 Å². The van der Waals surface area contributed by atoms with Crippen LogP contribution >= 0.6 is 0 Å². The summed E-state index contributed by atoms with van der Waals surface area (Å²) in [5.41, 5.74) is 0. The van der Waals surface area contributed by atoms with Crippen molar-refractivity contribution in [3.63, 3.8) is 0 Å². The second kappa shape index (κ2) is 48.4. The number of allylic oxidation sites excluding steroid dienone is 14. The van der Waals surface area contributed by atoms with E-state index in [1.54, 1.807) is 0 Å². The number of carbonyl (C=O) groups excluding carboxylic acids is 2. The second-order valence-corrected chi connectivity index (χ2v) is 15.8. The lowest BCUT2D eigenvalue weighted by molar-refractivity contribution is -0.161. The zero-order valence-corrected chi connectivity index (χ0v) is 37.8. The van der Waals surface area contributed by atoms with Crippen molar-refractivity contribution in [2.75, 3.05) is 13.2 Å². The number of carbonyl (C=O) groups is 2. The Morgan fingerprint density at radius 1 is 0.414 bits per heavy atom. The van der Waals surface area contributed by atoms with E-state index in [9.17, 15) is 14.7 Å². The fourth-order valence-corrected chi connectivity index (χ4v) is 6.55. The highest BCUT2D eigenvalue weighted by Crippen LogP contribution is 2.14. The van der Waals surface area contributed by atoms with Crippen molar-refractivity contribution in [3.05, 3.63) is 85.1 Å². The predicted octanol–water partition coefficient (Wildman–Crippen LogP) is 15.9. The van der Waals surface area contributed by atoms with Crippen LogP contribution in [0.25, 0.3) is 0 Å². The molecule has 0 amide bonds. The van der Waals surface area contributed by atoms with Crippen molar-refractivity contribution >= 4 is 11.9 Å². The first-order valence-electron chi connectivity index (χ1n) is 24.1. The SMILES string of the molecule is CC/C=C\C/C=C\C/C=C\C/C=C\C/C=C\C/C=C\CCCCCCCCCCCCCCC(=O)OC(CO)COC(=O)CCCCCCC/C=C\CCCCCC. The van der Waals surface area contributed by atoms with Crippen molar-refractivity contribution in [1.29, 1.82) is 0 Å². The largest absolute Gasteiger partial charge is 0.462 e. The van der Waals surface area contributed by atoms with E-state index in [0.29, 0.717) is 12.8 Å². The van der Waals surface area contributed by atoms with Crippen molar-refractivity contribution in [3.8, 4) is 0 Å². The molecule has 0 radical (unpaired) electrons. The highest BCUT2D eigenvalue weighted by Gasteiger charge is 2.16. The van der Waals surface area contributed by atoms with Gasteiger partial charge in [-0.25, -0.2) is 0 Å². The minimum Gasteiger partial charge on any atom is -0.462 e. The average Bonchev–Trinajstić information content (AvgIpc) is 3.23. The van der Waals surface area contributed by atoms with Gasteiger partial charge in [0, 0.05) is 12.8 Å². The number of aliphatic hydroxyl groups excluding tert-OH is 1. The molecule has 0 aromatic rings. The van der Waals surface area contributed by atoms with E-state index in [1.807, 2.05) is 0 Å². The quantitative estimate of drug-likeness (QED) is 0.0377. The summed E-state index contributed by atoms with van der Waals surface area (Å²) < 4.78 is 10.6. The predicted molar refractivity (Wildman–Crippen MR) is 251 cm³/mol. The molecular formula is C53H90O5. The lowest BCUT2D eigenvalue weighted by Gasteiger charge is -2.15. The zero-order chi connectivity index (χ0) is 42.1. The molecule has 5 nitrogen and oxygen atoms in total. The van der Waals surface area contributed by atoms with Gasteiger partial charge >= 0.3 is 11.9 Å². The van der Waals surface area contributed by atoms with Crippen LogP contribution in [0.15, 0.2) is 85.1 Å². The van der Waals surface area contributed by atoms with E-state index in [2.05, 4.69) is 98.9 Å². The Hall–Kier alpha value is -2.92. The number of hydrogen-bond donors (Lipinski definition) is 1. The van der Waals surface area contributed by atoms with E-state index in [-0.39, 0.29) is 25.2 Å². The molecule has 0 rings (SSSR count). The molecule has 1 N–H and O–H groups in total. The summed E-state index contributed by atoms with van der Waals surface area (Å²) in [6.45, 7) is 4.00. The molecule has 0 bridgehead atoms. The van der Waals surface area contributed by atoms with Gasteiger partial charge in [-0.2, -0.15) is 0 Å². The summed E-state index contributed by atoms with van der Waals surface area (Å²) >= 11 is 0. The molecule has 0 aromatic heterocycles. The fourth-order valence-electron chi connectivity index (χ4n) is 6.55. The van der Waals surface area contributed by atoms with Gasteiger partial charge in [0.25, 0.3) is 0 Å². The third-order valence-corrected chi connectivity index (χ3v) is 10.2. The van der Waals surface area contributed by atoms with Crippen LogP contribution in [0.3, 0.4) is 0 Å². The number of unbranched alkanes of at least 4 members (excludes halogenated alkanes) is 21. The maximum atomic E-state index is 12.2. The molecule has 332 valence electrons. The molecule has 58 heavy (non-hydrogen) atoms. The van der Waals surface area contributed by atoms with Gasteiger partial charge in [-0.3, -0.25) is 9.59 Å². The van der Waals surface area contributed by atoms with E-state index < -0.39 is 6.10 Å². The summed E-state index contributed by atoms with van der Waals surface area (Å²) in [5, 5.41) is 9.59. The highest BCUT2D eigenvalue weighted by atomic mass is 16.6. The Balaban J connectivity index is 3.53. The Morgan fingerprint density at radius 2 is 0.741 bits per heavy atom. The molecule has 0 saturated carbocycles. The van der Waals surface area contributed by atoms with Crippen LogP contribution in [-0.4, -0.2) is 36.4 Å². The highest BCUT2D eigenvalue weighted by molar-refractivity contribution is 5.70. The van der Waals surface area contributed by atoms with Crippen LogP contribution in [0, 0.1) is 0 Å². The first-order chi connectivity index (χ1) is 28.6. The lowest BCUT2D eigenvalue weighted by Crippen LogP contribution is -2.28. The number of esters is 2. The number of ether oxygens (including phenoxy) is 2. The molecule has 0 aromatic carbocycles. The Morgan fingerprint density at radius 3 is 1.14 bits per heavy atom. The Bertz CT molecular complexity index is 1090. The third kappa shape index (κ3) is 45.8. The van der Waals surface area contributed by atoms with E-state index in [0.717, 1.165) is 83.5 Å². The van der Waals surface area contributed by atoms with Crippen molar-refractivity contribution in [1.82, 2.24) is 0 Å². The topological polar surface area (TPSA) is 72.8 Å². The first-order valence-corrected chi connectivity index (χ1v) is 24.1. The first kappa shape index (κ1) is 55.1. The summed E-state index contributed by atoms with van der Waals surface area (Å²) in [7, 11) is 0. The van der Waals surface area contributed by atoms with E-state index in [1.165, 1.54) is 109 Å². The van der Waals surface area contributed by atoms with Gasteiger partial charge in [-0.1, -0.05) is 202 Å². The zero-order valence-electron chi connectivity index (χ0n) is 37.8. The molecule has 0 aliphatic carbocycles. The monoisotopic (exact) mass is 807 g/mol. The number of rotatable bonds is 43. The molecule has 5 heteroatoms. The maximum Gasteiger partial charge on any atom is 0.306 e. The van der Waals surface area contributed by atoms with Crippen molar-refractivity contribution in [2.45, 2.75) is 225 Å². The van der Waals surface area contributed by atoms with Crippen LogP contribution < -0.4 is 0 Å². The number of aliphatic hydroxyl groups is 1. The molecule has 0 aliphatic heterocycles. The summed E-state index contributed by atoms with van der Waals surface area (Å²) in [5.74, 6) is -0.605. The van der Waals surface area contributed by atoms with Gasteiger partial charge in [-0.05, 0) is 89.9 Å². The van der Waals surface area contributed by atoms with Gasteiger partial charge in [0.05, 0.1) is 6.61 Å². The van der Waals surface area contributed by atoms with Crippen LogP contribution in [0.1, 0.15) is 219 Å². The van der Waals surface area contributed by atoms with Crippen LogP contribution in [-0.2, 0) is 19.1 Å². The summed E-state index contributed by atoms with van der Waals surface area (Å²) in [4.78, 5) is 24.3. The number of hydrogen-bond acceptors (Lipinski definition) is 5. The van der Waals surface area contributed by atoms with Crippen molar-refractivity contribution in [2.24, 2.45) is 0 Å². The molecule has 0 spiro atoms. The Kier molecular flexibility index (Phi) is 46.0. The normalized spacial score (nSPS) is 12.9. The molecule has 0 heterocycles. The van der Waals surface area contributed by atoms with Gasteiger partial charge in [-0.15, -0.1) is 0 Å². The standard InChI is InChI=1S/C53H90O5/c1-3-5-7-9-11-13-15-17-18-19-20-21-22-23-24-25-26-27-28-29-30-31-32-33-34-36-38-40-42-44-46-48-53(56)58-51(49-54)50-57-52(55)47-45-43-41-39-37-35-16-14-12-10-8-6-4-2/h5,7,11,13-14,16-18,20-21,23-24,26-27,51,54H,3-4,6,8-10,12,15,19,22,25,28-50H2,1-2H3/b7-5-,13-11-,16-14-,18-17-,21-20-,24-23-,27-26-. The van der Waals surface area contributed by atoms with Gasteiger partial charge in [0.15, 0.2) is 6.10 Å².